The Labute approximate surface area is 117 Å². The molecule has 2 rings (SSSR count). The summed E-state index contributed by atoms with van der Waals surface area (Å²) in [5.74, 6) is 1.04. The number of aryl methyl sites for hydroxylation is 3. The average molecular weight is 299 g/mol. The fourth-order valence-electron chi connectivity index (χ4n) is 1.84. The molecule has 2 heterocycles. The first-order valence-corrected chi connectivity index (χ1v) is 7.75. The highest BCUT2D eigenvalue weighted by atomic mass is 32.2. The van der Waals surface area contributed by atoms with E-state index in [-0.39, 0.29) is 11.4 Å². The van der Waals surface area contributed by atoms with Crippen molar-refractivity contribution in [2.24, 2.45) is 0 Å². The topological polar surface area (TPSA) is 114 Å². The standard InChI is InChI=1S/C11H17N5O3S/c1-4-9-13-10(19-16-9)5-6-12-20(17,18)11-7(2)14-15-8(11)3/h12H,4-6H2,1-3H3,(H,14,15). The summed E-state index contributed by atoms with van der Waals surface area (Å²) >= 11 is 0. The fourth-order valence-corrected chi connectivity index (χ4v) is 3.23. The van der Waals surface area contributed by atoms with E-state index in [1.165, 1.54) is 0 Å². The maximum Gasteiger partial charge on any atom is 0.244 e. The monoisotopic (exact) mass is 299 g/mol. The van der Waals surface area contributed by atoms with Crippen LogP contribution in [-0.2, 0) is 22.9 Å². The Morgan fingerprint density at radius 2 is 2.10 bits per heavy atom. The molecule has 8 nitrogen and oxygen atoms in total. The molecule has 0 atom stereocenters. The van der Waals surface area contributed by atoms with E-state index >= 15 is 0 Å². The molecular weight excluding hydrogens is 282 g/mol. The number of aromatic amines is 1. The van der Waals surface area contributed by atoms with Crippen molar-refractivity contribution in [3.8, 4) is 0 Å². The van der Waals surface area contributed by atoms with Crippen molar-refractivity contribution in [3.63, 3.8) is 0 Å². The average Bonchev–Trinajstić information content (AvgIpc) is 2.96. The first-order chi connectivity index (χ1) is 9.44. The van der Waals surface area contributed by atoms with Crippen LogP contribution in [-0.4, -0.2) is 35.3 Å². The number of nitrogens with zero attached hydrogens (tertiary/aromatic N) is 3. The Morgan fingerprint density at radius 3 is 2.65 bits per heavy atom. The Kier molecular flexibility index (Phi) is 4.19. The summed E-state index contributed by atoms with van der Waals surface area (Å²) in [6.45, 7) is 5.42. The van der Waals surface area contributed by atoms with Crippen molar-refractivity contribution in [1.82, 2.24) is 25.1 Å². The Bertz CT molecular complexity index is 669. The quantitative estimate of drug-likeness (QED) is 0.802. The van der Waals surface area contributed by atoms with Crippen molar-refractivity contribution >= 4 is 10.0 Å². The van der Waals surface area contributed by atoms with Crippen molar-refractivity contribution < 1.29 is 12.9 Å². The minimum Gasteiger partial charge on any atom is -0.339 e. The number of hydrogen-bond acceptors (Lipinski definition) is 6. The lowest BCUT2D eigenvalue weighted by atomic mass is 10.4. The maximum absolute atomic E-state index is 12.1. The number of sulfonamides is 1. The number of aromatic nitrogens is 4. The zero-order valence-corrected chi connectivity index (χ0v) is 12.4. The van der Waals surface area contributed by atoms with E-state index < -0.39 is 10.0 Å². The molecule has 0 saturated carbocycles. The lowest BCUT2D eigenvalue weighted by molar-refractivity contribution is 0.373. The summed E-state index contributed by atoms with van der Waals surface area (Å²) in [5, 5.41) is 10.3. The minimum absolute atomic E-state index is 0.192. The van der Waals surface area contributed by atoms with Crippen LogP contribution in [0.5, 0.6) is 0 Å². The zero-order chi connectivity index (χ0) is 14.8. The summed E-state index contributed by atoms with van der Waals surface area (Å²) < 4.78 is 31.8. The van der Waals surface area contributed by atoms with Crippen LogP contribution in [0.3, 0.4) is 0 Å². The van der Waals surface area contributed by atoms with Gasteiger partial charge in [0.2, 0.25) is 15.9 Å². The van der Waals surface area contributed by atoms with Crippen molar-refractivity contribution in [2.45, 2.75) is 38.5 Å². The summed E-state index contributed by atoms with van der Waals surface area (Å²) in [4.78, 5) is 4.31. The SMILES string of the molecule is CCc1noc(CCNS(=O)(=O)c2c(C)n[nH]c2C)n1. The predicted octanol–water partition coefficient (Wildman–Crippen LogP) is 0.493. The van der Waals surface area contributed by atoms with E-state index in [1.54, 1.807) is 13.8 Å². The summed E-state index contributed by atoms with van der Waals surface area (Å²) in [7, 11) is -3.58. The molecule has 0 aromatic carbocycles. The van der Waals surface area contributed by atoms with Crippen LogP contribution >= 0.6 is 0 Å². The van der Waals surface area contributed by atoms with Gasteiger partial charge in [0, 0.05) is 19.4 Å². The number of nitrogens with one attached hydrogen (secondary N) is 2. The van der Waals surface area contributed by atoms with E-state index in [4.69, 9.17) is 4.52 Å². The van der Waals surface area contributed by atoms with Gasteiger partial charge in [0.15, 0.2) is 5.82 Å². The molecular formula is C11H17N5O3S. The van der Waals surface area contributed by atoms with E-state index in [2.05, 4.69) is 25.1 Å². The predicted molar refractivity (Wildman–Crippen MR) is 70.6 cm³/mol. The molecule has 0 amide bonds. The first kappa shape index (κ1) is 14.7. The van der Waals surface area contributed by atoms with Crippen LogP contribution in [0.1, 0.15) is 30.0 Å². The fraction of sp³-hybridized carbons (Fsp3) is 0.545. The molecule has 0 bridgehead atoms. The maximum atomic E-state index is 12.1. The molecule has 110 valence electrons. The Hall–Kier alpha value is -1.74. The molecule has 2 N–H and O–H groups in total. The van der Waals surface area contributed by atoms with Crippen LogP contribution < -0.4 is 4.72 Å². The third-order valence-electron chi connectivity index (χ3n) is 2.79. The zero-order valence-electron chi connectivity index (χ0n) is 11.6. The Morgan fingerprint density at radius 1 is 1.35 bits per heavy atom. The molecule has 0 aliphatic rings. The van der Waals surface area contributed by atoms with E-state index in [1.807, 2.05) is 6.92 Å². The number of rotatable bonds is 6. The van der Waals surface area contributed by atoms with Crippen molar-refractivity contribution in [2.75, 3.05) is 6.54 Å². The molecule has 0 saturated heterocycles. The van der Waals surface area contributed by atoms with Gasteiger partial charge in [0.1, 0.15) is 4.90 Å². The van der Waals surface area contributed by atoms with Crippen LogP contribution in [0, 0.1) is 13.8 Å². The highest BCUT2D eigenvalue weighted by molar-refractivity contribution is 7.89. The van der Waals surface area contributed by atoms with Gasteiger partial charge in [-0.25, -0.2) is 13.1 Å². The van der Waals surface area contributed by atoms with Crippen LogP contribution in [0.25, 0.3) is 0 Å². The van der Waals surface area contributed by atoms with E-state index in [0.717, 1.165) is 0 Å². The Balaban J connectivity index is 2.00. The van der Waals surface area contributed by atoms with Gasteiger partial charge in [0.05, 0.1) is 11.4 Å². The lowest BCUT2D eigenvalue weighted by Crippen LogP contribution is -2.27. The van der Waals surface area contributed by atoms with E-state index in [0.29, 0.717) is 35.9 Å². The largest absolute Gasteiger partial charge is 0.339 e. The molecule has 0 aliphatic carbocycles. The molecule has 0 radical (unpaired) electrons. The van der Waals surface area contributed by atoms with Gasteiger partial charge in [-0.3, -0.25) is 5.10 Å². The van der Waals surface area contributed by atoms with Crippen molar-refractivity contribution in [3.05, 3.63) is 23.1 Å². The molecule has 9 heteroatoms. The second-order valence-electron chi connectivity index (χ2n) is 4.37. The second kappa shape index (κ2) is 5.71. The second-order valence-corrected chi connectivity index (χ2v) is 6.07. The minimum atomic E-state index is -3.58. The van der Waals surface area contributed by atoms with Gasteiger partial charge >= 0.3 is 0 Å². The van der Waals surface area contributed by atoms with Gasteiger partial charge in [-0.05, 0) is 13.8 Å². The normalized spacial score (nSPS) is 11.9. The van der Waals surface area contributed by atoms with Crippen LogP contribution in [0.2, 0.25) is 0 Å². The third kappa shape index (κ3) is 3.05. The van der Waals surface area contributed by atoms with Gasteiger partial charge in [-0.2, -0.15) is 10.1 Å². The van der Waals surface area contributed by atoms with Gasteiger partial charge in [-0.15, -0.1) is 0 Å². The number of H-pyrrole nitrogens is 1. The highest BCUT2D eigenvalue weighted by Gasteiger charge is 2.21. The molecule has 0 fully saturated rings. The molecule has 20 heavy (non-hydrogen) atoms. The first-order valence-electron chi connectivity index (χ1n) is 6.26. The van der Waals surface area contributed by atoms with Crippen molar-refractivity contribution in [1.29, 1.82) is 0 Å². The van der Waals surface area contributed by atoms with Gasteiger partial charge in [-0.1, -0.05) is 12.1 Å². The highest BCUT2D eigenvalue weighted by Crippen LogP contribution is 2.16. The smallest absolute Gasteiger partial charge is 0.244 e. The summed E-state index contributed by atoms with van der Waals surface area (Å²) in [6.07, 6.45) is 1.03. The molecule has 2 aromatic rings. The van der Waals surface area contributed by atoms with Gasteiger partial charge in [0.25, 0.3) is 0 Å². The molecule has 0 spiro atoms. The third-order valence-corrected chi connectivity index (χ3v) is 4.51. The number of hydrogen-bond donors (Lipinski definition) is 2. The van der Waals surface area contributed by atoms with Gasteiger partial charge < -0.3 is 4.52 Å². The summed E-state index contributed by atoms with van der Waals surface area (Å²) in [5.41, 5.74) is 0.960. The van der Waals surface area contributed by atoms with E-state index in [9.17, 15) is 8.42 Å². The molecule has 2 aromatic heterocycles. The van der Waals surface area contributed by atoms with Crippen LogP contribution in [0.15, 0.2) is 9.42 Å². The summed E-state index contributed by atoms with van der Waals surface area (Å²) in [6, 6.07) is 0. The molecule has 0 unspecified atom stereocenters. The molecule has 0 aliphatic heterocycles. The lowest BCUT2D eigenvalue weighted by Gasteiger charge is -2.05. The van der Waals surface area contributed by atoms with Crippen LogP contribution in [0.4, 0.5) is 0 Å².